The highest BCUT2D eigenvalue weighted by atomic mass is 35.5. The molecular formula is C13H15ClF3N. The molecule has 1 aliphatic rings. The Bertz CT molecular complexity index is 401. The molecule has 0 amide bonds. The fraction of sp³-hybridized carbons (Fsp3) is 0.538. The second-order valence-corrected chi connectivity index (χ2v) is 4.97. The van der Waals surface area contributed by atoms with Gasteiger partial charge in [-0.3, -0.25) is 4.90 Å². The lowest BCUT2D eigenvalue weighted by atomic mass is 10.1. The maximum atomic E-state index is 12.6. The second-order valence-electron chi connectivity index (χ2n) is 4.59. The normalized spacial score (nSPS) is 16.3. The highest BCUT2D eigenvalue weighted by Crippen LogP contribution is 2.31. The van der Waals surface area contributed by atoms with E-state index in [0.717, 1.165) is 25.5 Å². The van der Waals surface area contributed by atoms with Crippen molar-refractivity contribution in [2.45, 2.75) is 31.6 Å². The predicted molar refractivity (Wildman–Crippen MR) is 65.6 cm³/mol. The molecule has 1 nitrogen and oxygen atoms in total. The lowest BCUT2D eigenvalue weighted by molar-refractivity contribution is -0.137. The van der Waals surface area contributed by atoms with Gasteiger partial charge < -0.3 is 0 Å². The molecule has 0 spiro atoms. The summed E-state index contributed by atoms with van der Waals surface area (Å²) in [7, 11) is 0. The van der Waals surface area contributed by atoms with Crippen LogP contribution in [0.25, 0.3) is 0 Å². The number of hydrogen-bond donors (Lipinski definition) is 0. The summed E-state index contributed by atoms with van der Waals surface area (Å²) in [5.41, 5.74) is 0.114. The first-order chi connectivity index (χ1) is 8.50. The molecule has 1 aromatic rings. The Morgan fingerprint density at radius 3 is 2.56 bits per heavy atom. The van der Waals surface area contributed by atoms with Crippen molar-refractivity contribution in [1.82, 2.24) is 4.90 Å². The van der Waals surface area contributed by atoms with Crippen LogP contribution in [0.5, 0.6) is 0 Å². The summed E-state index contributed by atoms with van der Waals surface area (Å²) in [4.78, 5) is 2.16. The van der Waals surface area contributed by atoms with E-state index in [1.54, 1.807) is 6.07 Å². The lowest BCUT2D eigenvalue weighted by Gasteiger charge is -2.21. The van der Waals surface area contributed by atoms with E-state index in [-0.39, 0.29) is 0 Å². The van der Waals surface area contributed by atoms with Gasteiger partial charge in [-0.15, -0.1) is 11.6 Å². The Morgan fingerprint density at radius 1 is 1.28 bits per heavy atom. The Hall–Kier alpha value is -0.740. The van der Waals surface area contributed by atoms with Gasteiger partial charge in [0.25, 0.3) is 0 Å². The number of nitrogens with zero attached hydrogens (tertiary/aromatic N) is 1. The predicted octanol–water partition coefficient (Wildman–Crippen LogP) is 3.91. The van der Waals surface area contributed by atoms with E-state index in [4.69, 9.17) is 11.6 Å². The molecule has 0 unspecified atom stereocenters. The van der Waals surface area contributed by atoms with Crippen LogP contribution < -0.4 is 0 Å². The zero-order chi connectivity index (χ0) is 13.2. The number of hydrogen-bond acceptors (Lipinski definition) is 1. The second kappa shape index (κ2) is 5.49. The molecule has 0 heterocycles. The quantitative estimate of drug-likeness (QED) is 0.738. The van der Waals surface area contributed by atoms with E-state index >= 15 is 0 Å². The number of rotatable bonds is 5. The van der Waals surface area contributed by atoms with Crippen molar-refractivity contribution in [1.29, 1.82) is 0 Å². The van der Waals surface area contributed by atoms with Crippen molar-refractivity contribution in [3.05, 3.63) is 35.4 Å². The average molecular weight is 278 g/mol. The number of halogens is 4. The van der Waals surface area contributed by atoms with Gasteiger partial charge in [0.2, 0.25) is 0 Å². The molecule has 1 fully saturated rings. The molecule has 1 saturated carbocycles. The fourth-order valence-corrected chi connectivity index (χ4v) is 2.24. The zero-order valence-electron chi connectivity index (χ0n) is 9.88. The summed E-state index contributed by atoms with van der Waals surface area (Å²) in [6, 6.07) is 6.03. The van der Waals surface area contributed by atoms with Gasteiger partial charge in [0, 0.05) is 25.0 Å². The van der Waals surface area contributed by atoms with Crippen molar-refractivity contribution in [3.63, 3.8) is 0 Å². The first kappa shape index (κ1) is 13.7. The molecule has 0 aliphatic heterocycles. The summed E-state index contributed by atoms with van der Waals surface area (Å²) >= 11 is 5.72. The van der Waals surface area contributed by atoms with Crippen molar-refractivity contribution in [3.8, 4) is 0 Å². The van der Waals surface area contributed by atoms with E-state index in [0.29, 0.717) is 24.0 Å². The lowest BCUT2D eigenvalue weighted by Crippen LogP contribution is -2.27. The molecule has 0 N–H and O–H groups in total. The van der Waals surface area contributed by atoms with Crippen LogP contribution in [0.3, 0.4) is 0 Å². The van der Waals surface area contributed by atoms with Crippen molar-refractivity contribution < 1.29 is 13.2 Å². The molecule has 0 radical (unpaired) electrons. The summed E-state index contributed by atoms with van der Waals surface area (Å²) in [5, 5.41) is 0. The highest BCUT2D eigenvalue weighted by molar-refractivity contribution is 6.18. The third-order valence-corrected chi connectivity index (χ3v) is 3.24. The van der Waals surface area contributed by atoms with Crippen LogP contribution in [-0.4, -0.2) is 23.4 Å². The molecule has 2 rings (SSSR count). The molecule has 0 atom stereocenters. The Labute approximate surface area is 110 Å². The largest absolute Gasteiger partial charge is 0.416 e. The van der Waals surface area contributed by atoms with Gasteiger partial charge in [0.1, 0.15) is 0 Å². The molecule has 18 heavy (non-hydrogen) atoms. The van der Waals surface area contributed by atoms with E-state index in [1.807, 2.05) is 0 Å². The standard InChI is InChI=1S/C13H15ClF3N/c14-6-7-18(12-4-5-12)9-10-2-1-3-11(8-10)13(15,16)17/h1-3,8,12H,4-7,9H2. The van der Waals surface area contributed by atoms with E-state index in [2.05, 4.69) is 4.90 Å². The number of benzene rings is 1. The fourth-order valence-electron chi connectivity index (χ4n) is 2.02. The van der Waals surface area contributed by atoms with Crippen LogP contribution in [-0.2, 0) is 12.7 Å². The van der Waals surface area contributed by atoms with Gasteiger partial charge >= 0.3 is 6.18 Å². The molecule has 1 aromatic carbocycles. The highest BCUT2D eigenvalue weighted by Gasteiger charge is 2.31. The van der Waals surface area contributed by atoms with E-state index in [1.165, 1.54) is 12.1 Å². The van der Waals surface area contributed by atoms with E-state index in [9.17, 15) is 13.2 Å². The van der Waals surface area contributed by atoms with Gasteiger partial charge in [-0.2, -0.15) is 13.2 Å². The molecule has 0 bridgehead atoms. The van der Waals surface area contributed by atoms with Gasteiger partial charge in [0.05, 0.1) is 5.56 Å². The van der Waals surface area contributed by atoms with Crippen LogP contribution in [0.1, 0.15) is 24.0 Å². The van der Waals surface area contributed by atoms with Crippen LogP contribution in [0.4, 0.5) is 13.2 Å². The molecule has 0 saturated heterocycles. The smallest absolute Gasteiger partial charge is 0.295 e. The van der Waals surface area contributed by atoms with Crippen LogP contribution in [0.2, 0.25) is 0 Å². The van der Waals surface area contributed by atoms with Crippen LogP contribution in [0.15, 0.2) is 24.3 Å². The zero-order valence-corrected chi connectivity index (χ0v) is 10.6. The third kappa shape index (κ3) is 3.62. The SMILES string of the molecule is FC(F)(F)c1cccc(CN(CCCl)C2CC2)c1. The maximum absolute atomic E-state index is 12.6. The minimum absolute atomic E-state index is 0.498. The summed E-state index contributed by atoms with van der Waals surface area (Å²) in [5.74, 6) is 0.509. The molecule has 1 aliphatic carbocycles. The van der Waals surface area contributed by atoms with Crippen molar-refractivity contribution >= 4 is 11.6 Å². The topological polar surface area (TPSA) is 3.24 Å². The summed E-state index contributed by atoms with van der Waals surface area (Å²) in [6.45, 7) is 1.27. The molecular weight excluding hydrogens is 263 g/mol. The minimum atomic E-state index is -4.27. The van der Waals surface area contributed by atoms with Crippen molar-refractivity contribution in [2.75, 3.05) is 12.4 Å². The van der Waals surface area contributed by atoms with Gasteiger partial charge in [0.15, 0.2) is 0 Å². The Morgan fingerprint density at radius 2 is 2.00 bits per heavy atom. The number of alkyl halides is 4. The molecule has 100 valence electrons. The first-order valence-electron chi connectivity index (χ1n) is 5.97. The van der Waals surface area contributed by atoms with E-state index < -0.39 is 11.7 Å². The van der Waals surface area contributed by atoms with Gasteiger partial charge in [-0.1, -0.05) is 18.2 Å². The average Bonchev–Trinajstić information content (AvgIpc) is 3.11. The minimum Gasteiger partial charge on any atom is -0.295 e. The summed E-state index contributed by atoms with van der Waals surface area (Å²) < 4.78 is 37.8. The van der Waals surface area contributed by atoms with Gasteiger partial charge in [-0.05, 0) is 24.5 Å². The maximum Gasteiger partial charge on any atom is 0.416 e. The van der Waals surface area contributed by atoms with Crippen LogP contribution in [0, 0.1) is 0 Å². The van der Waals surface area contributed by atoms with Crippen LogP contribution >= 0.6 is 11.6 Å². The van der Waals surface area contributed by atoms with Gasteiger partial charge in [-0.25, -0.2) is 0 Å². The molecule has 5 heteroatoms. The Balaban J connectivity index is 2.08. The third-order valence-electron chi connectivity index (χ3n) is 3.07. The summed E-state index contributed by atoms with van der Waals surface area (Å²) in [6.07, 6.45) is -2.03. The molecule has 0 aromatic heterocycles. The first-order valence-corrected chi connectivity index (χ1v) is 6.50. The monoisotopic (exact) mass is 277 g/mol. The van der Waals surface area contributed by atoms with Crippen molar-refractivity contribution in [2.24, 2.45) is 0 Å². The Kier molecular flexibility index (Phi) is 4.17.